The zero-order valence-corrected chi connectivity index (χ0v) is 19.2. The minimum Gasteiger partial charge on any atom is -0.273 e. The first kappa shape index (κ1) is 21.7. The van der Waals surface area contributed by atoms with E-state index in [-0.39, 0.29) is 16.8 Å². The van der Waals surface area contributed by atoms with Crippen molar-refractivity contribution in [2.45, 2.75) is 50.5 Å². The number of sulfonamides is 1. The van der Waals surface area contributed by atoms with Crippen LogP contribution in [-0.4, -0.2) is 36.2 Å². The lowest BCUT2D eigenvalue weighted by Gasteiger charge is -2.34. The molecule has 31 heavy (non-hydrogen) atoms. The number of thiazole rings is 1. The zero-order valence-electron chi connectivity index (χ0n) is 17.6. The highest BCUT2D eigenvalue weighted by molar-refractivity contribution is 7.89. The number of fused-ring (bicyclic) bond motifs is 1. The zero-order chi connectivity index (χ0) is 22.0. The van der Waals surface area contributed by atoms with E-state index >= 15 is 0 Å². The number of hydrogen-bond acceptors (Lipinski definition) is 6. The summed E-state index contributed by atoms with van der Waals surface area (Å²) in [6.07, 6.45) is 3.64. The van der Waals surface area contributed by atoms with Gasteiger partial charge in [0.25, 0.3) is 5.91 Å². The van der Waals surface area contributed by atoms with Gasteiger partial charge in [-0.05, 0) is 62.1 Å². The van der Waals surface area contributed by atoms with Gasteiger partial charge in [-0.2, -0.15) is 4.31 Å². The summed E-state index contributed by atoms with van der Waals surface area (Å²) in [6.45, 7) is 4.56. The number of hydrazine groups is 1. The molecule has 7 nitrogen and oxygen atoms in total. The fourth-order valence-corrected chi connectivity index (χ4v) is 6.60. The number of carbonyl (C=O) groups is 1. The third-order valence-corrected chi connectivity index (χ3v) is 8.57. The predicted octanol–water partition coefficient (Wildman–Crippen LogP) is 4.31. The van der Waals surface area contributed by atoms with Crippen molar-refractivity contribution < 1.29 is 13.2 Å². The Morgan fingerprint density at radius 1 is 1.19 bits per heavy atom. The molecule has 1 amide bonds. The minimum atomic E-state index is -3.56. The van der Waals surface area contributed by atoms with Crippen LogP contribution in [0.3, 0.4) is 0 Å². The summed E-state index contributed by atoms with van der Waals surface area (Å²) in [5.41, 5.74) is 7.83. The van der Waals surface area contributed by atoms with E-state index in [1.807, 2.05) is 32.0 Å². The lowest BCUT2D eigenvalue weighted by atomic mass is 10.0. The third kappa shape index (κ3) is 4.44. The molecule has 2 heterocycles. The molecule has 0 saturated carbocycles. The van der Waals surface area contributed by atoms with E-state index < -0.39 is 10.0 Å². The standard InChI is InChI=1S/C22H26N4O3S2/c1-3-17-8-4-5-14-26(17)31(28,29)18-12-10-16(11-13-18)21(27)24-25-22-23-20-15(2)7-6-9-19(20)30-22/h6-7,9-13,17H,3-5,8,14H2,1-2H3,(H,23,25)(H,24,27)/t17-/m0/s1. The lowest BCUT2D eigenvalue weighted by molar-refractivity contribution is 0.0962. The van der Waals surface area contributed by atoms with E-state index in [4.69, 9.17) is 0 Å². The van der Waals surface area contributed by atoms with Gasteiger partial charge in [0.15, 0.2) is 0 Å². The van der Waals surface area contributed by atoms with Crippen molar-refractivity contribution in [3.63, 3.8) is 0 Å². The van der Waals surface area contributed by atoms with Crippen LogP contribution in [0.15, 0.2) is 47.4 Å². The first-order valence-corrected chi connectivity index (χ1v) is 12.7. The summed E-state index contributed by atoms with van der Waals surface area (Å²) < 4.78 is 28.8. The molecule has 1 aliphatic rings. The van der Waals surface area contributed by atoms with Crippen molar-refractivity contribution in [1.29, 1.82) is 0 Å². The molecule has 2 aromatic carbocycles. The number of nitrogens with zero attached hydrogens (tertiary/aromatic N) is 2. The number of amides is 1. The molecule has 4 rings (SSSR count). The molecule has 0 spiro atoms. The van der Waals surface area contributed by atoms with E-state index in [2.05, 4.69) is 15.8 Å². The van der Waals surface area contributed by atoms with Gasteiger partial charge >= 0.3 is 0 Å². The SMILES string of the molecule is CC[C@H]1CCCCN1S(=O)(=O)c1ccc(C(=O)NNc2nc3c(C)cccc3s2)cc1. The van der Waals surface area contributed by atoms with Gasteiger partial charge in [0.05, 0.1) is 15.1 Å². The fourth-order valence-electron chi connectivity index (χ4n) is 3.93. The normalized spacial score (nSPS) is 17.5. The van der Waals surface area contributed by atoms with E-state index in [9.17, 15) is 13.2 Å². The third-order valence-electron chi connectivity index (χ3n) is 5.67. The number of aromatic nitrogens is 1. The highest BCUT2D eigenvalue weighted by Gasteiger charge is 2.32. The summed E-state index contributed by atoms with van der Waals surface area (Å²) in [5, 5.41) is 0.590. The average Bonchev–Trinajstić information content (AvgIpc) is 3.22. The predicted molar refractivity (Wildman–Crippen MR) is 124 cm³/mol. The highest BCUT2D eigenvalue weighted by atomic mass is 32.2. The van der Waals surface area contributed by atoms with Gasteiger partial charge in [-0.1, -0.05) is 36.8 Å². The summed E-state index contributed by atoms with van der Waals surface area (Å²) in [7, 11) is -3.56. The Morgan fingerprint density at radius 3 is 2.68 bits per heavy atom. The quantitative estimate of drug-likeness (QED) is 0.537. The Kier molecular flexibility index (Phi) is 6.27. The first-order valence-electron chi connectivity index (χ1n) is 10.4. The van der Waals surface area contributed by atoms with Crippen LogP contribution in [0.1, 0.15) is 48.5 Å². The molecular formula is C22H26N4O3S2. The molecule has 0 unspecified atom stereocenters. The molecule has 1 fully saturated rings. The maximum Gasteiger partial charge on any atom is 0.269 e. The number of anilines is 1. The van der Waals surface area contributed by atoms with Crippen molar-refractivity contribution in [3.05, 3.63) is 53.6 Å². The number of nitrogens with one attached hydrogen (secondary N) is 2. The van der Waals surface area contributed by atoms with Crippen LogP contribution in [0.25, 0.3) is 10.2 Å². The number of rotatable bonds is 6. The van der Waals surface area contributed by atoms with Crippen LogP contribution in [0.4, 0.5) is 5.13 Å². The van der Waals surface area contributed by atoms with Crippen LogP contribution in [0.2, 0.25) is 0 Å². The highest BCUT2D eigenvalue weighted by Crippen LogP contribution is 2.28. The van der Waals surface area contributed by atoms with Crippen molar-refractivity contribution in [3.8, 4) is 0 Å². The molecule has 0 radical (unpaired) electrons. The van der Waals surface area contributed by atoms with Crippen LogP contribution in [-0.2, 0) is 10.0 Å². The maximum absolute atomic E-state index is 13.1. The molecular weight excluding hydrogens is 432 g/mol. The van der Waals surface area contributed by atoms with Crippen molar-refractivity contribution in [1.82, 2.24) is 14.7 Å². The smallest absolute Gasteiger partial charge is 0.269 e. The van der Waals surface area contributed by atoms with Gasteiger partial charge in [-0.15, -0.1) is 0 Å². The molecule has 9 heteroatoms. The number of piperidine rings is 1. The topological polar surface area (TPSA) is 91.4 Å². The van der Waals surface area contributed by atoms with Crippen molar-refractivity contribution >= 4 is 42.6 Å². The van der Waals surface area contributed by atoms with Gasteiger partial charge in [-0.3, -0.25) is 15.6 Å². The van der Waals surface area contributed by atoms with E-state index in [0.717, 1.165) is 41.5 Å². The van der Waals surface area contributed by atoms with E-state index in [0.29, 0.717) is 17.2 Å². The van der Waals surface area contributed by atoms with E-state index in [1.54, 1.807) is 4.31 Å². The molecule has 2 N–H and O–H groups in total. The van der Waals surface area contributed by atoms with Crippen LogP contribution in [0.5, 0.6) is 0 Å². The van der Waals surface area contributed by atoms with Crippen molar-refractivity contribution in [2.24, 2.45) is 0 Å². The number of benzene rings is 2. The Morgan fingerprint density at radius 2 is 1.97 bits per heavy atom. The molecule has 1 atom stereocenters. The Balaban J connectivity index is 1.44. The molecule has 0 aliphatic carbocycles. The van der Waals surface area contributed by atoms with Gasteiger partial charge in [0.2, 0.25) is 15.2 Å². The first-order chi connectivity index (χ1) is 14.9. The van der Waals surface area contributed by atoms with Crippen molar-refractivity contribution in [2.75, 3.05) is 12.0 Å². The Labute approximate surface area is 186 Å². The number of aryl methyl sites for hydroxylation is 1. The molecule has 1 aromatic heterocycles. The van der Waals surface area contributed by atoms with Gasteiger partial charge in [0, 0.05) is 18.2 Å². The fraction of sp³-hybridized carbons (Fsp3) is 0.364. The van der Waals surface area contributed by atoms with Gasteiger partial charge in [0.1, 0.15) is 0 Å². The number of carbonyl (C=O) groups excluding carboxylic acids is 1. The minimum absolute atomic E-state index is 0.0448. The largest absolute Gasteiger partial charge is 0.273 e. The summed E-state index contributed by atoms with van der Waals surface area (Å²) >= 11 is 1.45. The lowest BCUT2D eigenvalue weighted by Crippen LogP contribution is -2.43. The molecule has 3 aromatic rings. The summed E-state index contributed by atoms with van der Waals surface area (Å²) in [4.78, 5) is 17.2. The second-order valence-electron chi connectivity index (χ2n) is 7.72. The summed E-state index contributed by atoms with van der Waals surface area (Å²) in [5.74, 6) is -0.357. The summed E-state index contributed by atoms with van der Waals surface area (Å²) in [6, 6.07) is 12.1. The molecule has 1 saturated heterocycles. The Hall–Kier alpha value is -2.49. The van der Waals surface area contributed by atoms with E-state index in [1.165, 1.54) is 35.6 Å². The second-order valence-corrected chi connectivity index (χ2v) is 10.6. The molecule has 164 valence electrons. The monoisotopic (exact) mass is 458 g/mol. The average molecular weight is 459 g/mol. The molecule has 0 bridgehead atoms. The molecule has 1 aliphatic heterocycles. The van der Waals surface area contributed by atoms with Gasteiger partial charge in [-0.25, -0.2) is 13.4 Å². The van der Waals surface area contributed by atoms with Crippen LogP contribution < -0.4 is 10.9 Å². The number of para-hydroxylation sites is 1. The van der Waals surface area contributed by atoms with Gasteiger partial charge < -0.3 is 0 Å². The Bertz CT molecular complexity index is 1190. The van der Waals surface area contributed by atoms with Crippen LogP contribution in [0, 0.1) is 6.92 Å². The van der Waals surface area contributed by atoms with Crippen LogP contribution >= 0.6 is 11.3 Å². The maximum atomic E-state index is 13.1. The second kappa shape index (κ2) is 8.94. The number of hydrogen-bond donors (Lipinski definition) is 2.